The van der Waals surface area contributed by atoms with E-state index in [1.807, 2.05) is 0 Å². The predicted octanol–water partition coefficient (Wildman–Crippen LogP) is 2.34. The predicted molar refractivity (Wildman–Crippen MR) is 73.5 cm³/mol. The Bertz CT molecular complexity index is 740. The van der Waals surface area contributed by atoms with E-state index in [4.69, 9.17) is 0 Å². The van der Waals surface area contributed by atoms with Gasteiger partial charge in [-0.25, -0.2) is 27.5 Å². The Labute approximate surface area is 116 Å². The van der Waals surface area contributed by atoms with Crippen molar-refractivity contribution in [3.8, 4) is 0 Å². The van der Waals surface area contributed by atoms with E-state index < -0.39 is 20.7 Å². The molecule has 0 bridgehead atoms. The maximum Gasteiger partial charge on any atom is 0.267 e. The number of nitrogens with one attached hydrogen (secondary N) is 1. The number of aryl methyl sites for hydroxylation is 3. The first-order chi connectivity index (χ1) is 9.28. The lowest BCUT2D eigenvalue weighted by atomic mass is 10.2. The molecule has 1 aromatic heterocycles. The summed E-state index contributed by atoms with van der Waals surface area (Å²) < 4.78 is 40.2. The Kier molecular flexibility index (Phi) is 3.71. The molecule has 0 saturated heterocycles. The van der Waals surface area contributed by atoms with Gasteiger partial charge in [-0.05, 0) is 44.5 Å². The van der Waals surface area contributed by atoms with Crippen LogP contribution in [0.15, 0.2) is 29.2 Å². The van der Waals surface area contributed by atoms with Gasteiger partial charge in [0, 0.05) is 11.4 Å². The molecule has 2 aromatic rings. The molecule has 20 heavy (non-hydrogen) atoms. The first-order valence-corrected chi connectivity index (χ1v) is 7.37. The van der Waals surface area contributed by atoms with Crippen molar-refractivity contribution >= 4 is 16.0 Å². The van der Waals surface area contributed by atoms with Crippen LogP contribution in [0, 0.1) is 26.6 Å². The van der Waals surface area contributed by atoms with Crippen molar-refractivity contribution in [1.82, 2.24) is 9.97 Å². The van der Waals surface area contributed by atoms with Crippen LogP contribution >= 0.6 is 0 Å². The fourth-order valence-corrected chi connectivity index (χ4v) is 2.87. The van der Waals surface area contributed by atoms with E-state index in [-0.39, 0.29) is 5.95 Å². The summed E-state index contributed by atoms with van der Waals surface area (Å²) in [7, 11) is -4.05. The molecule has 1 aromatic carbocycles. The molecule has 2 rings (SSSR count). The van der Waals surface area contributed by atoms with Gasteiger partial charge in [-0.1, -0.05) is 6.07 Å². The highest BCUT2D eigenvalue weighted by atomic mass is 32.2. The van der Waals surface area contributed by atoms with Gasteiger partial charge in [-0.15, -0.1) is 0 Å². The topological polar surface area (TPSA) is 72.0 Å². The number of halogens is 1. The summed E-state index contributed by atoms with van der Waals surface area (Å²) in [5.74, 6) is -0.879. The molecular weight excluding hydrogens is 281 g/mol. The van der Waals surface area contributed by atoms with Gasteiger partial charge in [0.05, 0.1) is 0 Å². The summed E-state index contributed by atoms with van der Waals surface area (Å²) in [6, 6.07) is 5.60. The van der Waals surface area contributed by atoms with Crippen LogP contribution in [0.1, 0.15) is 17.0 Å². The minimum atomic E-state index is -4.05. The second kappa shape index (κ2) is 5.16. The van der Waals surface area contributed by atoms with Gasteiger partial charge in [0.15, 0.2) is 0 Å². The molecule has 0 aliphatic rings. The highest BCUT2D eigenvalue weighted by Crippen LogP contribution is 2.18. The van der Waals surface area contributed by atoms with Crippen LogP contribution in [0.25, 0.3) is 0 Å². The average Bonchev–Trinajstić information content (AvgIpc) is 2.30. The molecule has 106 valence electrons. The Morgan fingerprint density at radius 3 is 2.25 bits per heavy atom. The smallest absolute Gasteiger partial charge is 0.247 e. The van der Waals surface area contributed by atoms with E-state index in [1.165, 1.54) is 12.1 Å². The zero-order valence-electron chi connectivity index (χ0n) is 11.3. The van der Waals surface area contributed by atoms with Crippen LogP contribution in [0.5, 0.6) is 0 Å². The normalized spacial score (nSPS) is 11.4. The molecule has 0 saturated carbocycles. The minimum Gasteiger partial charge on any atom is -0.247 e. The molecule has 0 fully saturated rings. The Hall–Kier alpha value is -2.02. The van der Waals surface area contributed by atoms with Crippen molar-refractivity contribution in [2.75, 3.05) is 4.72 Å². The number of hydrogen-bond donors (Lipinski definition) is 1. The monoisotopic (exact) mass is 295 g/mol. The quantitative estimate of drug-likeness (QED) is 0.943. The number of aromatic nitrogens is 2. The van der Waals surface area contributed by atoms with Crippen molar-refractivity contribution in [2.45, 2.75) is 25.7 Å². The molecule has 0 atom stereocenters. The number of anilines is 1. The maximum absolute atomic E-state index is 13.7. The van der Waals surface area contributed by atoms with Gasteiger partial charge in [0.25, 0.3) is 10.0 Å². The summed E-state index contributed by atoms with van der Waals surface area (Å²) >= 11 is 0. The molecule has 0 aliphatic heterocycles. The third-order valence-corrected chi connectivity index (χ3v) is 3.93. The molecule has 1 N–H and O–H groups in total. The van der Waals surface area contributed by atoms with E-state index >= 15 is 0 Å². The molecule has 0 amide bonds. The lowest BCUT2D eigenvalue weighted by molar-refractivity contribution is 0.569. The SMILES string of the molecule is Cc1ccc(F)c(S(=O)(=O)Nc2nc(C)cc(C)n2)c1. The highest BCUT2D eigenvalue weighted by molar-refractivity contribution is 7.92. The van der Waals surface area contributed by atoms with Gasteiger partial charge >= 0.3 is 0 Å². The number of benzene rings is 1. The third kappa shape index (κ3) is 3.11. The number of rotatable bonds is 3. The average molecular weight is 295 g/mol. The molecule has 0 aliphatic carbocycles. The summed E-state index contributed by atoms with van der Waals surface area (Å²) in [4.78, 5) is 7.53. The summed E-state index contributed by atoms with van der Waals surface area (Å²) in [6.07, 6.45) is 0. The first-order valence-electron chi connectivity index (χ1n) is 5.89. The summed E-state index contributed by atoms with van der Waals surface area (Å²) in [5, 5.41) is 0. The Balaban J connectivity index is 2.43. The fraction of sp³-hybridized carbons (Fsp3) is 0.231. The lowest BCUT2D eigenvalue weighted by Crippen LogP contribution is -2.17. The standard InChI is InChI=1S/C13H14FN3O2S/c1-8-4-5-11(14)12(6-8)20(18,19)17-13-15-9(2)7-10(3)16-13/h4-7H,1-3H3,(H,15,16,17). The summed E-state index contributed by atoms with van der Waals surface area (Å²) in [5.41, 5.74) is 1.90. The second-order valence-corrected chi connectivity index (χ2v) is 6.16. The van der Waals surface area contributed by atoms with E-state index in [1.54, 1.807) is 26.8 Å². The number of nitrogens with zero attached hydrogens (tertiary/aromatic N) is 2. The molecule has 1 heterocycles. The van der Waals surface area contributed by atoms with Gasteiger partial charge < -0.3 is 0 Å². The van der Waals surface area contributed by atoms with Gasteiger partial charge in [0.1, 0.15) is 10.7 Å². The lowest BCUT2D eigenvalue weighted by Gasteiger charge is -2.09. The van der Waals surface area contributed by atoms with Crippen LogP contribution in [-0.2, 0) is 10.0 Å². The van der Waals surface area contributed by atoms with Crippen LogP contribution < -0.4 is 4.72 Å². The maximum atomic E-state index is 13.7. The highest BCUT2D eigenvalue weighted by Gasteiger charge is 2.20. The number of sulfonamides is 1. The number of hydrogen-bond acceptors (Lipinski definition) is 4. The zero-order chi connectivity index (χ0) is 14.9. The largest absolute Gasteiger partial charge is 0.267 e. The first kappa shape index (κ1) is 14.4. The molecule has 5 nitrogen and oxygen atoms in total. The van der Waals surface area contributed by atoms with Crippen LogP contribution in [0.3, 0.4) is 0 Å². The zero-order valence-corrected chi connectivity index (χ0v) is 12.1. The van der Waals surface area contributed by atoms with Gasteiger partial charge in [0.2, 0.25) is 5.95 Å². The molecular formula is C13H14FN3O2S. The Morgan fingerprint density at radius 1 is 1.05 bits per heavy atom. The van der Waals surface area contributed by atoms with E-state index in [0.717, 1.165) is 6.07 Å². The molecule has 0 radical (unpaired) electrons. The second-order valence-electron chi connectivity index (χ2n) is 4.51. The Morgan fingerprint density at radius 2 is 1.65 bits per heavy atom. The molecule has 7 heteroatoms. The third-order valence-electron chi connectivity index (χ3n) is 2.58. The molecule has 0 spiro atoms. The van der Waals surface area contributed by atoms with Gasteiger partial charge in [-0.2, -0.15) is 0 Å². The van der Waals surface area contributed by atoms with Crippen molar-refractivity contribution in [3.05, 3.63) is 47.0 Å². The van der Waals surface area contributed by atoms with E-state index in [9.17, 15) is 12.8 Å². The van der Waals surface area contributed by atoms with Crippen molar-refractivity contribution in [3.63, 3.8) is 0 Å². The van der Waals surface area contributed by atoms with Crippen molar-refractivity contribution in [1.29, 1.82) is 0 Å². The van der Waals surface area contributed by atoms with Crippen molar-refractivity contribution in [2.24, 2.45) is 0 Å². The van der Waals surface area contributed by atoms with Gasteiger partial charge in [-0.3, -0.25) is 0 Å². The molecule has 0 unspecified atom stereocenters. The fourth-order valence-electron chi connectivity index (χ4n) is 1.76. The summed E-state index contributed by atoms with van der Waals surface area (Å²) in [6.45, 7) is 5.13. The van der Waals surface area contributed by atoms with Crippen molar-refractivity contribution < 1.29 is 12.8 Å². The minimum absolute atomic E-state index is 0.0663. The van der Waals surface area contributed by atoms with E-state index in [2.05, 4.69) is 14.7 Å². The van der Waals surface area contributed by atoms with E-state index in [0.29, 0.717) is 17.0 Å². The van der Waals surface area contributed by atoms with Crippen LogP contribution in [0.2, 0.25) is 0 Å². The van der Waals surface area contributed by atoms with Crippen LogP contribution in [-0.4, -0.2) is 18.4 Å². The van der Waals surface area contributed by atoms with Crippen LogP contribution in [0.4, 0.5) is 10.3 Å².